The van der Waals surface area contributed by atoms with E-state index in [9.17, 15) is 13.2 Å². The first-order chi connectivity index (χ1) is 4.61. The monoisotopic (exact) mass is 150 g/mol. The molecule has 0 aromatic heterocycles. The lowest BCUT2D eigenvalue weighted by atomic mass is 10.2. The second-order valence-corrected chi connectivity index (χ2v) is 1.80. The standard InChI is InChI=1S/C5H5F3N2/c6-5(7,8)4-1-2-9-10-3-4/h1-2,10H,3H2. The molecule has 10 heavy (non-hydrogen) atoms. The van der Waals surface area contributed by atoms with Gasteiger partial charge in [-0.15, -0.1) is 0 Å². The number of hydrogen-bond acceptors (Lipinski definition) is 2. The minimum absolute atomic E-state index is 0.236. The average Bonchev–Trinajstić information content (AvgIpc) is 1.88. The molecule has 0 fully saturated rings. The van der Waals surface area contributed by atoms with Crippen LogP contribution in [0.25, 0.3) is 0 Å². The summed E-state index contributed by atoms with van der Waals surface area (Å²) in [4.78, 5) is 0. The van der Waals surface area contributed by atoms with Crippen LogP contribution in [-0.2, 0) is 0 Å². The zero-order valence-corrected chi connectivity index (χ0v) is 4.94. The predicted octanol–water partition coefficient (Wildman–Crippen LogP) is 1.06. The molecule has 0 amide bonds. The third kappa shape index (κ3) is 1.49. The third-order valence-corrected chi connectivity index (χ3v) is 1.08. The molecular weight excluding hydrogens is 145 g/mol. The Labute approximate surface area is 55.4 Å². The van der Waals surface area contributed by atoms with Crippen LogP contribution in [0.2, 0.25) is 0 Å². The summed E-state index contributed by atoms with van der Waals surface area (Å²) in [5.74, 6) is 0. The summed E-state index contributed by atoms with van der Waals surface area (Å²) in [6.07, 6.45) is -2.18. The first kappa shape index (κ1) is 7.11. The molecule has 1 heterocycles. The fraction of sp³-hybridized carbons (Fsp3) is 0.400. The third-order valence-electron chi connectivity index (χ3n) is 1.08. The minimum Gasteiger partial charge on any atom is -0.306 e. The first-order valence-electron chi connectivity index (χ1n) is 2.63. The molecule has 5 heteroatoms. The zero-order valence-electron chi connectivity index (χ0n) is 4.94. The van der Waals surface area contributed by atoms with Gasteiger partial charge >= 0.3 is 6.18 Å². The van der Waals surface area contributed by atoms with E-state index in [-0.39, 0.29) is 6.54 Å². The molecule has 0 radical (unpaired) electrons. The highest BCUT2D eigenvalue weighted by Crippen LogP contribution is 2.24. The molecule has 1 rings (SSSR count). The van der Waals surface area contributed by atoms with E-state index < -0.39 is 11.7 Å². The predicted molar refractivity (Wildman–Crippen MR) is 30.6 cm³/mol. The Morgan fingerprint density at radius 3 is 2.50 bits per heavy atom. The molecule has 2 nitrogen and oxygen atoms in total. The average molecular weight is 150 g/mol. The molecule has 1 N–H and O–H groups in total. The number of alkyl halides is 3. The minimum atomic E-state index is -4.22. The Balaban J connectivity index is 2.72. The van der Waals surface area contributed by atoms with Crippen molar-refractivity contribution in [2.45, 2.75) is 6.18 Å². The maximum absolute atomic E-state index is 11.8. The molecule has 56 valence electrons. The summed E-state index contributed by atoms with van der Waals surface area (Å²) in [6, 6.07) is 0. The first-order valence-corrected chi connectivity index (χ1v) is 2.63. The highest BCUT2D eigenvalue weighted by atomic mass is 19.4. The molecule has 0 bridgehead atoms. The van der Waals surface area contributed by atoms with Crippen molar-refractivity contribution in [2.24, 2.45) is 5.10 Å². The van der Waals surface area contributed by atoms with Gasteiger partial charge in [-0.3, -0.25) is 0 Å². The highest BCUT2D eigenvalue weighted by Gasteiger charge is 2.33. The van der Waals surface area contributed by atoms with Crippen molar-refractivity contribution in [1.29, 1.82) is 0 Å². The van der Waals surface area contributed by atoms with Gasteiger partial charge in [-0.05, 0) is 6.08 Å². The number of allylic oxidation sites excluding steroid dienone is 1. The van der Waals surface area contributed by atoms with Crippen LogP contribution in [0.3, 0.4) is 0 Å². The van der Waals surface area contributed by atoms with Gasteiger partial charge in [-0.25, -0.2) is 0 Å². The molecule has 0 atom stereocenters. The number of nitrogens with one attached hydrogen (secondary N) is 1. The van der Waals surface area contributed by atoms with Crippen molar-refractivity contribution >= 4 is 6.21 Å². The van der Waals surface area contributed by atoms with E-state index in [4.69, 9.17) is 0 Å². The smallest absolute Gasteiger partial charge is 0.306 e. The molecule has 0 saturated carbocycles. The Hall–Kier alpha value is -1.00. The van der Waals surface area contributed by atoms with E-state index in [1.165, 1.54) is 0 Å². The topological polar surface area (TPSA) is 24.4 Å². The molecule has 0 saturated heterocycles. The van der Waals surface area contributed by atoms with Crippen molar-refractivity contribution in [3.8, 4) is 0 Å². The molecule has 0 aliphatic carbocycles. The maximum Gasteiger partial charge on any atom is 0.414 e. The van der Waals surface area contributed by atoms with E-state index >= 15 is 0 Å². The number of hydrazone groups is 1. The lowest BCUT2D eigenvalue weighted by Gasteiger charge is -2.12. The Bertz CT molecular complexity index is 180. The summed E-state index contributed by atoms with van der Waals surface area (Å²) in [5.41, 5.74) is 1.63. The highest BCUT2D eigenvalue weighted by molar-refractivity contribution is 5.73. The second kappa shape index (κ2) is 2.32. The van der Waals surface area contributed by atoms with Crippen LogP contribution in [0.1, 0.15) is 0 Å². The van der Waals surface area contributed by atoms with Gasteiger partial charge in [-0.2, -0.15) is 18.3 Å². The van der Waals surface area contributed by atoms with E-state index in [2.05, 4.69) is 10.5 Å². The van der Waals surface area contributed by atoms with Crippen LogP contribution in [-0.4, -0.2) is 18.9 Å². The van der Waals surface area contributed by atoms with Crippen LogP contribution in [0, 0.1) is 0 Å². The molecule has 0 unspecified atom stereocenters. The second-order valence-electron chi connectivity index (χ2n) is 1.80. The Morgan fingerprint density at radius 1 is 1.50 bits per heavy atom. The van der Waals surface area contributed by atoms with Gasteiger partial charge in [0.15, 0.2) is 0 Å². The van der Waals surface area contributed by atoms with E-state index in [0.29, 0.717) is 0 Å². The van der Waals surface area contributed by atoms with Gasteiger partial charge in [-0.1, -0.05) is 0 Å². The lowest BCUT2D eigenvalue weighted by Crippen LogP contribution is -2.24. The van der Waals surface area contributed by atoms with Crippen LogP contribution in [0.5, 0.6) is 0 Å². The van der Waals surface area contributed by atoms with Gasteiger partial charge in [0.25, 0.3) is 0 Å². The van der Waals surface area contributed by atoms with Gasteiger partial charge in [0.05, 0.1) is 12.1 Å². The summed E-state index contributed by atoms with van der Waals surface area (Å²) in [6.45, 7) is -0.236. The molecule has 0 aromatic rings. The normalized spacial score (nSPS) is 18.1. The summed E-state index contributed by atoms with van der Waals surface area (Å²) in [7, 11) is 0. The maximum atomic E-state index is 11.8. The van der Waals surface area contributed by atoms with Gasteiger partial charge in [0.2, 0.25) is 0 Å². The van der Waals surface area contributed by atoms with Crippen LogP contribution in [0.15, 0.2) is 16.8 Å². The van der Waals surface area contributed by atoms with Gasteiger partial charge in [0, 0.05) is 6.21 Å². The summed E-state index contributed by atoms with van der Waals surface area (Å²) in [5, 5.41) is 3.39. The quantitative estimate of drug-likeness (QED) is 0.548. The number of halogens is 3. The van der Waals surface area contributed by atoms with E-state index in [1.807, 2.05) is 0 Å². The lowest BCUT2D eigenvalue weighted by molar-refractivity contribution is -0.0929. The van der Waals surface area contributed by atoms with Crippen LogP contribution >= 0.6 is 0 Å². The summed E-state index contributed by atoms with van der Waals surface area (Å²) >= 11 is 0. The molecule has 1 aliphatic rings. The van der Waals surface area contributed by atoms with Gasteiger partial charge < -0.3 is 5.43 Å². The number of hydrogen-bond donors (Lipinski definition) is 1. The van der Waals surface area contributed by atoms with E-state index in [0.717, 1.165) is 12.3 Å². The molecule has 1 aliphatic heterocycles. The van der Waals surface area contributed by atoms with E-state index in [1.54, 1.807) is 0 Å². The Morgan fingerprint density at radius 2 is 2.20 bits per heavy atom. The largest absolute Gasteiger partial charge is 0.414 e. The zero-order chi connectivity index (χ0) is 7.61. The Kier molecular flexibility index (Phi) is 1.65. The van der Waals surface area contributed by atoms with Crippen LogP contribution < -0.4 is 5.43 Å². The van der Waals surface area contributed by atoms with Crippen molar-refractivity contribution in [2.75, 3.05) is 6.54 Å². The molecule has 0 spiro atoms. The van der Waals surface area contributed by atoms with Crippen molar-refractivity contribution in [1.82, 2.24) is 5.43 Å². The SMILES string of the molecule is FC(F)(F)C1=CC=NNC1. The van der Waals surface area contributed by atoms with Crippen molar-refractivity contribution < 1.29 is 13.2 Å². The molecular formula is C5H5F3N2. The van der Waals surface area contributed by atoms with Gasteiger partial charge in [0.1, 0.15) is 0 Å². The number of rotatable bonds is 0. The number of nitrogens with zero attached hydrogens (tertiary/aromatic N) is 1. The fourth-order valence-corrected chi connectivity index (χ4v) is 0.564. The molecule has 0 aromatic carbocycles. The van der Waals surface area contributed by atoms with Crippen molar-refractivity contribution in [3.05, 3.63) is 11.6 Å². The summed E-state index contributed by atoms with van der Waals surface area (Å²) < 4.78 is 35.3. The van der Waals surface area contributed by atoms with Crippen LogP contribution in [0.4, 0.5) is 13.2 Å². The fourth-order valence-electron chi connectivity index (χ4n) is 0.564. The van der Waals surface area contributed by atoms with Crippen molar-refractivity contribution in [3.63, 3.8) is 0 Å².